The van der Waals surface area contributed by atoms with Crippen LogP contribution < -0.4 is 4.74 Å². The standard InChI is InChI=1S/C19H18FNO4/c1-12(24-2)10-21-18(22)16-8-7-15(9-17(16)19(21)23)25-11-13-3-5-14(20)6-4-13/h3-9,12H,10-11H2,1-2H3. The predicted molar refractivity (Wildman–Crippen MR) is 89.0 cm³/mol. The zero-order valence-electron chi connectivity index (χ0n) is 14.0. The Morgan fingerprint density at radius 3 is 2.40 bits per heavy atom. The summed E-state index contributed by atoms with van der Waals surface area (Å²) < 4.78 is 23.7. The van der Waals surface area contributed by atoms with E-state index < -0.39 is 0 Å². The first-order valence-electron chi connectivity index (χ1n) is 7.90. The van der Waals surface area contributed by atoms with Crippen LogP contribution in [0.2, 0.25) is 0 Å². The lowest BCUT2D eigenvalue weighted by Crippen LogP contribution is -2.36. The molecule has 25 heavy (non-hydrogen) atoms. The van der Waals surface area contributed by atoms with Crippen LogP contribution in [0.1, 0.15) is 33.2 Å². The Labute approximate surface area is 145 Å². The smallest absolute Gasteiger partial charge is 0.261 e. The molecule has 2 aromatic carbocycles. The monoisotopic (exact) mass is 343 g/mol. The molecule has 5 nitrogen and oxygen atoms in total. The molecule has 0 fully saturated rings. The van der Waals surface area contributed by atoms with E-state index in [0.29, 0.717) is 16.9 Å². The number of hydrogen-bond donors (Lipinski definition) is 0. The topological polar surface area (TPSA) is 55.8 Å². The van der Waals surface area contributed by atoms with Gasteiger partial charge in [0.05, 0.1) is 23.8 Å². The quantitative estimate of drug-likeness (QED) is 0.757. The Morgan fingerprint density at radius 2 is 1.72 bits per heavy atom. The summed E-state index contributed by atoms with van der Waals surface area (Å²) in [6.45, 7) is 2.24. The molecule has 0 spiro atoms. The van der Waals surface area contributed by atoms with Crippen molar-refractivity contribution < 1.29 is 23.5 Å². The summed E-state index contributed by atoms with van der Waals surface area (Å²) in [5, 5.41) is 0. The van der Waals surface area contributed by atoms with E-state index in [1.54, 1.807) is 37.3 Å². The van der Waals surface area contributed by atoms with Crippen molar-refractivity contribution in [1.29, 1.82) is 0 Å². The minimum Gasteiger partial charge on any atom is -0.489 e. The fraction of sp³-hybridized carbons (Fsp3) is 0.263. The van der Waals surface area contributed by atoms with Crippen LogP contribution in [0.5, 0.6) is 5.75 Å². The molecule has 1 unspecified atom stereocenters. The molecule has 2 aromatic rings. The lowest BCUT2D eigenvalue weighted by Gasteiger charge is -2.17. The summed E-state index contributed by atoms with van der Waals surface area (Å²) in [6, 6.07) is 10.8. The van der Waals surface area contributed by atoms with Gasteiger partial charge in [-0.3, -0.25) is 14.5 Å². The van der Waals surface area contributed by atoms with Gasteiger partial charge < -0.3 is 9.47 Å². The summed E-state index contributed by atoms with van der Waals surface area (Å²) in [5.74, 6) is -0.508. The van der Waals surface area contributed by atoms with Gasteiger partial charge in [0.25, 0.3) is 11.8 Å². The number of hydrogen-bond acceptors (Lipinski definition) is 4. The van der Waals surface area contributed by atoms with E-state index in [4.69, 9.17) is 9.47 Å². The van der Waals surface area contributed by atoms with Crippen LogP contribution in [0.15, 0.2) is 42.5 Å². The van der Waals surface area contributed by atoms with E-state index in [9.17, 15) is 14.0 Å². The van der Waals surface area contributed by atoms with Crippen molar-refractivity contribution in [2.75, 3.05) is 13.7 Å². The second-order valence-corrected chi connectivity index (χ2v) is 5.89. The number of ether oxygens (including phenoxy) is 2. The molecular formula is C19H18FNO4. The van der Waals surface area contributed by atoms with E-state index in [1.165, 1.54) is 24.1 Å². The molecule has 1 aliphatic rings. The summed E-state index contributed by atoms with van der Waals surface area (Å²) in [6.07, 6.45) is -0.239. The number of carbonyl (C=O) groups excluding carboxylic acids is 2. The maximum Gasteiger partial charge on any atom is 0.261 e. The molecule has 1 aliphatic heterocycles. The molecule has 0 aliphatic carbocycles. The van der Waals surface area contributed by atoms with Crippen LogP contribution in [0.4, 0.5) is 4.39 Å². The van der Waals surface area contributed by atoms with E-state index in [1.807, 2.05) is 0 Å². The highest BCUT2D eigenvalue weighted by molar-refractivity contribution is 6.21. The molecular weight excluding hydrogens is 325 g/mol. The minimum atomic E-state index is -0.351. The summed E-state index contributed by atoms with van der Waals surface area (Å²) >= 11 is 0. The molecule has 3 rings (SSSR count). The fourth-order valence-electron chi connectivity index (χ4n) is 2.60. The Kier molecular flexibility index (Phi) is 4.81. The first-order chi connectivity index (χ1) is 12.0. The Hall–Kier alpha value is -2.73. The van der Waals surface area contributed by atoms with Crippen molar-refractivity contribution >= 4 is 11.8 Å². The molecule has 1 atom stereocenters. The van der Waals surface area contributed by atoms with Crippen LogP contribution >= 0.6 is 0 Å². The van der Waals surface area contributed by atoms with Crippen LogP contribution in [0.25, 0.3) is 0 Å². The number of nitrogens with zero attached hydrogens (tertiary/aromatic N) is 1. The number of amides is 2. The number of halogens is 1. The second-order valence-electron chi connectivity index (χ2n) is 5.89. The second kappa shape index (κ2) is 7.03. The molecule has 130 valence electrons. The normalized spacial score (nSPS) is 14.6. The van der Waals surface area contributed by atoms with E-state index >= 15 is 0 Å². The number of benzene rings is 2. The maximum absolute atomic E-state index is 12.9. The highest BCUT2D eigenvalue weighted by Crippen LogP contribution is 2.27. The number of fused-ring (bicyclic) bond motifs is 1. The van der Waals surface area contributed by atoms with Crippen LogP contribution in [0.3, 0.4) is 0 Å². The number of rotatable bonds is 6. The van der Waals surface area contributed by atoms with Gasteiger partial charge in [0.2, 0.25) is 0 Å². The van der Waals surface area contributed by atoms with Gasteiger partial charge in [0.1, 0.15) is 18.2 Å². The molecule has 0 bridgehead atoms. The van der Waals surface area contributed by atoms with E-state index in [2.05, 4.69) is 0 Å². The summed E-state index contributed by atoms with van der Waals surface area (Å²) in [7, 11) is 1.53. The van der Waals surface area contributed by atoms with Gasteiger partial charge in [-0.05, 0) is 42.8 Å². The third-order valence-corrected chi connectivity index (χ3v) is 4.10. The Bertz CT molecular complexity index is 804. The zero-order valence-corrected chi connectivity index (χ0v) is 14.0. The Morgan fingerprint density at radius 1 is 1.04 bits per heavy atom. The van der Waals surface area contributed by atoms with E-state index in [0.717, 1.165) is 5.56 Å². The first kappa shape index (κ1) is 17.1. The minimum absolute atomic E-state index is 0.203. The molecule has 6 heteroatoms. The van der Waals surface area contributed by atoms with Crippen LogP contribution in [-0.4, -0.2) is 36.5 Å². The third-order valence-electron chi connectivity index (χ3n) is 4.10. The average molecular weight is 343 g/mol. The summed E-state index contributed by atoms with van der Waals surface area (Å²) in [4.78, 5) is 26.0. The lowest BCUT2D eigenvalue weighted by molar-refractivity contribution is 0.0484. The molecule has 2 amide bonds. The number of methoxy groups -OCH3 is 1. The van der Waals surface area contributed by atoms with Crippen molar-refractivity contribution in [2.45, 2.75) is 19.6 Å². The van der Waals surface area contributed by atoms with E-state index in [-0.39, 0.29) is 36.9 Å². The van der Waals surface area contributed by atoms with Crippen LogP contribution in [-0.2, 0) is 11.3 Å². The highest BCUT2D eigenvalue weighted by atomic mass is 19.1. The van der Waals surface area contributed by atoms with Crippen LogP contribution in [0, 0.1) is 5.82 Å². The fourth-order valence-corrected chi connectivity index (χ4v) is 2.60. The van der Waals surface area contributed by atoms with Gasteiger partial charge in [0, 0.05) is 7.11 Å². The van der Waals surface area contributed by atoms with Crippen molar-refractivity contribution in [3.63, 3.8) is 0 Å². The van der Waals surface area contributed by atoms with Gasteiger partial charge in [-0.2, -0.15) is 0 Å². The molecule has 0 N–H and O–H groups in total. The highest BCUT2D eigenvalue weighted by Gasteiger charge is 2.36. The van der Waals surface area contributed by atoms with Gasteiger partial charge >= 0.3 is 0 Å². The molecule has 0 radical (unpaired) electrons. The van der Waals surface area contributed by atoms with Crippen molar-refractivity contribution in [1.82, 2.24) is 4.90 Å². The largest absolute Gasteiger partial charge is 0.489 e. The number of imide groups is 1. The SMILES string of the molecule is COC(C)CN1C(=O)c2ccc(OCc3ccc(F)cc3)cc2C1=O. The molecule has 0 saturated carbocycles. The molecule has 0 aromatic heterocycles. The van der Waals surface area contributed by atoms with Gasteiger partial charge in [0.15, 0.2) is 0 Å². The van der Waals surface area contributed by atoms with Crippen molar-refractivity contribution in [3.8, 4) is 5.75 Å². The first-order valence-corrected chi connectivity index (χ1v) is 7.90. The van der Waals surface area contributed by atoms with Crippen molar-refractivity contribution in [2.24, 2.45) is 0 Å². The third kappa shape index (κ3) is 3.53. The van der Waals surface area contributed by atoms with Gasteiger partial charge in [-0.15, -0.1) is 0 Å². The Balaban J connectivity index is 1.74. The number of carbonyl (C=O) groups is 2. The lowest BCUT2D eigenvalue weighted by atomic mass is 10.1. The average Bonchev–Trinajstić information content (AvgIpc) is 2.85. The van der Waals surface area contributed by atoms with Crippen molar-refractivity contribution in [3.05, 3.63) is 65.0 Å². The molecule has 1 heterocycles. The maximum atomic E-state index is 12.9. The van der Waals surface area contributed by atoms with Gasteiger partial charge in [-0.25, -0.2) is 4.39 Å². The summed E-state index contributed by atoms with van der Waals surface area (Å²) in [5.41, 5.74) is 1.49. The predicted octanol–water partition coefficient (Wildman–Crippen LogP) is 3.04. The zero-order chi connectivity index (χ0) is 18.0. The molecule has 0 saturated heterocycles. The van der Waals surface area contributed by atoms with Gasteiger partial charge in [-0.1, -0.05) is 12.1 Å².